The van der Waals surface area contributed by atoms with Crippen molar-refractivity contribution in [3.63, 3.8) is 0 Å². The highest BCUT2D eigenvalue weighted by Crippen LogP contribution is 2.22. The summed E-state index contributed by atoms with van der Waals surface area (Å²) in [6.07, 6.45) is -5.17. The van der Waals surface area contributed by atoms with Crippen molar-refractivity contribution in [3.8, 4) is 5.75 Å². The van der Waals surface area contributed by atoms with E-state index in [1.807, 2.05) is 0 Å². The summed E-state index contributed by atoms with van der Waals surface area (Å²) in [5.74, 6) is -0.144. The zero-order chi connectivity index (χ0) is 20.7. The van der Waals surface area contributed by atoms with E-state index in [1.54, 1.807) is 27.8 Å². The second kappa shape index (κ2) is 11.2. The number of benzene rings is 1. The molecule has 1 rings (SSSR count). The Kier molecular flexibility index (Phi) is 10.4. The molecular formula is C17H26F3IN4O3. The zero-order valence-corrected chi connectivity index (χ0v) is 18.5. The molecule has 0 atom stereocenters. The fourth-order valence-electron chi connectivity index (χ4n) is 1.81. The fraction of sp³-hybridized carbons (Fsp3) is 0.529. The number of amides is 1. The first kappa shape index (κ1) is 26.1. The number of carbonyl (C=O) groups is 1. The average Bonchev–Trinajstić information content (AvgIpc) is 2.51. The molecule has 160 valence electrons. The van der Waals surface area contributed by atoms with Crippen molar-refractivity contribution in [2.75, 3.05) is 20.1 Å². The maximum absolute atomic E-state index is 12.1. The van der Waals surface area contributed by atoms with Gasteiger partial charge in [0.05, 0.1) is 6.54 Å². The third kappa shape index (κ3) is 11.7. The predicted octanol–water partition coefficient (Wildman–Crippen LogP) is 3.47. The molecule has 0 spiro atoms. The van der Waals surface area contributed by atoms with Crippen LogP contribution in [0.4, 0.5) is 18.0 Å². The molecule has 0 heterocycles. The van der Waals surface area contributed by atoms with Gasteiger partial charge in [-0.2, -0.15) is 0 Å². The Morgan fingerprint density at radius 3 is 2.29 bits per heavy atom. The molecule has 0 aliphatic rings. The Labute approximate surface area is 179 Å². The van der Waals surface area contributed by atoms with E-state index in [1.165, 1.54) is 29.2 Å². The van der Waals surface area contributed by atoms with Crippen LogP contribution in [0.25, 0.3) is 0 Å². The molecule has 0 aliphatic carbocycles. The van der Waals surface area contributed by atoms with Gasteiger partial charge < -0.3 is 25.4 Å². The minimum Gasteiger partial charge on any atom is -0.444 e. The van der Waals surface area contributed by atoms with Crippen LogP contribution in [0.5, 0.6) is 5.75 Å². The molecule has 28 heavy (non-hydrogen) atoms. The number of ether oxygens (including phenoxy) is 2. The summed E-state index contributed by atoms with van der Waals surface area (Å²) < 4.78 is 45.3. The molecule has 3 N–H and O–H groups in total. The van der Waals surface area contributed by atoms with Gasteiger partial charge in [0, 0.05) is 20.1 Å². The van der Waals surface area contributed by atoms with E-state index in [9.17, 15) is 18.0 Å². The van der Waals surface area contributed by atoms with Gasteiger partial charge in [-0.25, -0.2) is 9.79 Å². The lowest BCUT2D eigenvalue weighted by atomic mass is 10.2. The SMILES string of the molecule is CN(CCNC(N)=NCc1ccc(OC(F)(F)F)cc1)C(=O)OC(C)(C)C.I. The Hall–Kier alpha value is -1.92. The molecule has 7 nitrogen and oxygen atoms in total. The quantitative estimate of drug-likeness (QED) is 0.342. The van der Waals surface area contributed by atoms with Gasteiger partial charge in [-0.05, 0) is 38.5 Å². The lowest BCUT2D eigenvalue weighted by Crippen LogP contribution is -2.41. The largest absolute Gasteiger partial charge is 0.573 e. The standard InChI is InChI=1S/C17H25F3N4O3.HI/c1-16(2,3)27-15(25)24(4)10-9-22-14(21)23-11-12-5-7-13(8-6-12)26-17(18,19)20;/h5-8H,9-11H2,1-4H3,(H3,21,22,23);1H. The molecule has 0 aliphatic heterocycles. The molecule has 0 radical (unpaired) electrons. The van der Waals surface area contributed by atoms with Crippen LogP contribution in [0, 0.1) is 0 Å². The molecular weight excluding hydrogens is 492 g/mol. The second-order valence-corrected chi connectivity index (χ2v) is 6.72. The lowest BCUT2D eigenvalue weighted by molar-refractivity contribution is -0.274. The number of guanidine groups is 1. The second-order valence-electron chi connectivity index (χ2n) is 6.72. The molecule has 0 aromatic heterocycles. The smallest absolute Gasteiger partial charge is 0.444 e. The van der Waals surface area contributed by atoms with E-state index < -0.39 is 18.1 Å². The first-order chi connectivity index (χ1) is 12.4. The van der Waals surface area contributed by atoms with Crippen LogP contribution in [0.1, 0.15) is 26.3 Å². The maximum atomic E-state index is 12.1. The number of nitrogens with one attached hydrogen (secondary N) is 1. The Morgan fingerprint density at radius 1 is 1.21 bits per heavy atom. The monoisotopic (exact) mass is 518 g/mol. The number of rotatable bonds is 6. The molecule has 0 saturated carbocycles. The van der Waals surface area contributed by atoms with Crippen molar-refractivity contribution >= 4 is 36.0 Å². The molecule has 0 fully saturated rings. The van der Waals surface area contributed by atoms with Crippen molar-refractivity contribution in [2.45, 2.75) is 39.3 Å². The summed E-state index contributed by atoms with van der Waals surface area (Å²) in [6.45, 7) is 6.25. The third-order valence-electron chi connectivity index (χ3n) is 3.05. The van der Waals surface area contributed by atoms with Crippen molar-refractivity contribution in [3.05, 3.63) is 29.8 Å². The van der Waals surface area contributed by atoms with E-state index in [0.717, 1.165) is 0 Å². The lowest BCUT2D eigenvalue weighted by Gasteiger charge is -2.24. The van der Waals surface area contributed by atoms with Crippen LogP contribution in [0.15, 0.2) is 29.3 Å². The van der Waals surface area contributed by atoms with Crippen molar-refractivity contribution in [1.29, 1.82) is 0 Å². The van der Waals surface area contributed by atoms with Gasteiger partial charge in [0.1, 0.15) is 11.4 Å². The topological polar surface area (TPSA) is 89.2 Å². The van der Waals surface area contributed by atoms with Crippen LogP contribution >= 0.6 is 24.0 Å². The molecule has 0 bridgehead atoms. The van der Waals surface area contributed by atoms with Crippen LogP contribution in [0.2, 0.25) is 0 Å². The summed E-state index contributed by atoms with van der Waals surface area (Å²) in [7, 11) is 1.60. The number of nitrogens with zero attached hydrogens (tertiary/aromatic N) is 2. The van der Waals surface area contributed by atoms with E-state index >= 15 is 0 Å². The first-order valence-corrected chi connectivity index (χ1v) is 8.18. The van der Waals surface area contributed by atoms with Gasteiger partial charge in [0.2, 0.25) is 0 Å². The van der Waals surface area contributed by atoms with Crippen LogP contribution in [-0.4, -0.2) is 49.1 Å². The molecule has 0 unspecified atom stereocenters. The number of likely N-dealkylation sites (N-methyl/N-ethyl adjacent to an activating group) is 1. The number of nitrogens with two attached hydrogens (primary N) is 1. The highest BCUT2D eigenvalue weighted by Gasteiger charge is 2.30. The Balaban J connectivity index is 0.00000729. The Morgan fingerprint density at radius 2 is 1.79 bits per heavy atom. The van der Waals surface area contributed by atoms with Gasteiger partial charge in [-0.1, -0.05) is 12.1 Å². The van der Waals surface area contributed by atoms with Crippen LogP contribution < -0.4 is 15.8 Å². The summed E-state index contributed by atoms with van der Waals surface area (Å²) >= 11 is 0. The molecule has 1 aromatic carbocycles. The Bertz CT molecular complexity index is 647. The van der Waals surface area contributed by atoms with E-state index in [4.69, 9.17) is 10.5 Å². The number of hydrogen-bond acceptors (Lipinski definition) is 4. The number of aliphatic imine (C=N–C) groups is 1. The van der Waals surface area contributed by atoms with Gasteiger partial charge >= 0.3 is 12.5 Å². The first-order valence-electron chi connectivity index (χ1n) is 8.18. The molecule has 1 aromatic rings. The molecule has 11 heteroatoms. The van der Waals surface area contributed by atoms with Crippen molar-refractivity contribution in [1.82, 2.24) is 10.2 Å². The molecule has 0 saturated heterocycles. The minimum absolute atomic E-state index is 0. The predicted molar refractivity (Wildman–Crippen MR) is 111 cm³/mol. The maximum Gasteiger partial charge on any atom is 0.573 e. The number of hydrogen-bond donors (Lipinski definition) is 2. The highest BCUT2D eigenvalue weighted by atomic mass is 127. The number of halogens is 4. The van der Waals surface area contributed by atoms with Crippen molar-refractivity contribution < 1.29 is 27.4 Å². The van der Waals surface area contributed by atoms with Gasteiger partial charge in [-0.15, -0.1) is 37.1 Å². The summed E-state index contributed by atoms with van der Waals surface area (Å²) in [5, 5.41) is 2.85. The normalized spacial score (nSPS) is 12.0. The average molecular weight is 518 g/mol. The third-order valence-corrected chi connectivity index (χ3v) is 3.05. The van der Waals surface area contributed by atoms with Crippen LogP contribution in [-0.2, 0) is 11.3 Å². The van der Waals surface area contributed by atoms with E-state index in [-0.39, 0.29) is 42.2 Å². The number of carbonyl (C=O) groups excluding carboxylic acids is 1. The van der Waals surface area contributed by atoms with E-state index in [2.05, 4.69) is 15.0 Å². The zero-order valence-electron chi connectivity index (χ0n) is 16.2. The number of alkyl halides is 3. The van der Waals surface area contributed by atoms with Gasteiger partial charge in [0.15, 0.2) is 5.96 Å². The summed E-state index contributed by atoms with van der Waals surface area (Å²) in [6, 6.07) is 5.35. The summed E-state index contributed by atoms with van der Waals surface area (Å²) in [4.78, 5) is 17.3. The molecule has 1 amide bonds. The van der Waals surface area contributed by atoms with Gasteiger partial charge in [0.25, 0.3) is 0 Å². The highest BCUT2D eigenvalue weighted by molar-refractivity contribution is 14.0. The van der Waals surface area contributed by atoms with E-state index in [0.29, 0.717) is 18.7 Å². The fourth-order valence-corrected chi connectivity index (χ4v) is 1.81. The van der Waals surface area contributed by atoms with Crippen molar-refractivity contribution in [2.24, 2.45) is 10.7 Å². The summed E-state index contributed by atoms with van der Waals surface area (Å²) in [5.41, 5.74) is 5.83. The van der Waals surface area contributed by atoms with Gasteiger partial charge in [-0.3, -0.25) is 0 Å². The van der Waals surface area contributed by atoms with Crippen LogP contribution in [0.3, 0.4) is 0 Å². The minimum atomic E-state index is -4.72.